The zero-order chi connectivity index (χ0) is 19.2. The zero-order valence-electron chi connectivity index (χ0n) is 15.3. The van der Waals surface area contributed by atoms with Crippen LogP contribution in [0.2, 0.25) is 0 Å². The molecule has 0 spiro atoms. The molecule has 0 aliphatic carbocycles. The molecular formula is C18H22N6O4. The Morgan fingerprint density at radius 1 is 1.07 bits per heavy atom. The first-order valence-electron chi connectivity index (χ1n) is 9.11. The van der Waals surface area contributed by atoms with E-state index in [-0.39, 0.29) is 12.8 Å². The molecule has 3 N–H and O–H groups in total. The highest BCUT2D eigenvalue weighted by Crippen LogP contribution is 2.34. The lowest BCUT2D eigenvalue weighted by Gasteiger charge is -2.27. The van der Waals surface area contributed by atoms with E-state index in [1.165, 1.54) is 6.33 Å². The van der Waals surface area contributed by atoms with Crippen molar-refractivity contribution in [3.8, 4) is 11.5 Å². The van der Waals surface area contributed by atoms with Crippen LogP contribution in [-0.4, -0.2) is 62.2 Å². The van der Waals surface area contributed by atoms with Crippen LogP contribution in [0.4, 0.5) is 22.1 Å². The number of morpholine rings is 1. The molecule has 3 heterocycles. The number of carbonyl (C=O) groups is 1. The summed E-state index contributed by atoms with van der Waals surface area (Å²) in [6.07, 6.45) is 1.53. The molecule has 0 unspecified atom stereocenters. The predicted molar refractivity (Wildman–Crippen MR) is 103 cm³/mol. The average molecular weight is 386 g/mol. The Kier molecular flexibility index (Phi) is 5.57. The first-order chi connectivity index (χ1) is 13.8. The standard InChI is InChI=1S/C18H22N6O4/c25-18(23-13-1-2-14-15(9-13)28-12-27-14)20-4-3-19-16-10-17(22-11-21-16)24-5-7-26-8-6-24/h1-2,9-11H,3-8,12H2,(H,19,21,22)(H2,20,23,25). The lowest BCUT2D eigenvalue weighted by Crippen LogP contribution is -2.36. The van der Waals surface area contributed by atoms with Crippen molar-refractivity contribution in [3.05, 3.63) is 30.6 Å². The summed E-state index contributed by atoms with van der Waals surface area (Å²) in [5.74, 6) is 2.89. The van der Waals surface area contributed by atoms with Crippen molar-refractivity contribution in [1.82, 2.24) is 15.3 Å². The number of aromatic nitrogens is 2. The van der Waals surface area contributed by atoms with Gasteiger partial charge in [-0.2, -0.15) is 0 Å². The molecule has 2 aliphatic heterocycles. The van der Waals surface area contributed by atoms with E-state index in [2.05, 4.69) is 30.8 Å². The number of ether oxygens (including phenoxy) is 3. The smallest absolute Gasteiger partial charge is 0.319 e. The Bertz CT molecular complexity index is 827. The van der Waals surface area contributed by atoms with Crippen molar-refractivity contribution < 1.29 is 19.0 Å². The Hall–Kier alpha value is -3.27. The number of fused-ring (bicyclic) bond motifs is 1. The maximum Gasteiger partial charge on any atom is 0.319 e. The maximum atomic E-state index is 12.0. The number of carbonyl (C=O) groups excluding carboxylic acids is 1. The van der Waals surface area contributed by atoms with Gasteiger partial charge in [-0.25, -0.2) is 14.8 Å². The molecule has 0 radical (unpaired) electrons. The molecule has 0 atom stereocenters. The van der Waals surface area contributed by atoms with E-state index in [0.29, 0.717) is 43.5 Å². The van der Waals surface area contributed by atoms with Gasteiger partial charge in [-0.3, -0.25) is 0 Å². The summed E-state index contributed by atoms with van der Waals surface area (Å²) in [5.41, 5.74) is 0.640. The minimum absolute atomic E-state index is 0.201. The number of rotatable bonds is 6. The predicted octanol–water partition coefficient (Wildman–Crippen LogP) is 1.28. The lowest BCUT2D eigenvalue weighted by molar-refractivity contribution is 0.122. The number of amides is 2. The molecule has 0 saturated carbocycles. The van der Waals surface area contributed by atoms with Crippen LogP contribution >= 0.6 is 0 Å². The minimum atomic E-state index is -0.294. The van der Waals surface area contributed by atoms with E-state index in [9.17, 15) is 4.79 Å². The maximum absolute atomic E-state index is 12.0. The quantitative estimate of drug-likeness (QED) is 0.637. The van der Waals surface area contributed by atoms with Crippen molar-refractivity contribution >= 4 is 23.4 Å². The van der Waals surface area contributed by atoms with E-state index < -0.39 is 0 Å². The van der Waals surface area contributed by atoms with Crippen LogP contribution in [0.5, 0.6) is 11.5 Å². The lowest BCUT2D eigenvalue weighted by atomic mass is 10.3. The fourth-order valence-electron chi connectivity index (χ4n) is 2.93. The SMILES string of the molecule is O=C(NCCNc1cc(N2CCOCC2)ncn1)Nc1ccc2c(c1)OCO2. The summed E-state index contributed by atoms with van der Waals surface area (Å²) in [7, 11) is 0. The molecule has 10 nitrogen and oxygen atoms in total. The molecule has 148 valence electrons. The Labute approximate surface area is 162 Å². The van der Waals surface area contributed by atoms with Crippen LogP contribution in [0, 0.1) is 0 Å². The van der Waals surface area contributed by atoms with Gasteiger partial charge in [-0.1, -0.05) is 0 Å². The number of urea groups is 1. The largest absolute Gasteiger partial charge is 0.454 e. The third-order valence-electron chi connectivity index (χ3n) is 4.33. The normalized spacial score (nSPS) is 15.2. The van der Waals surface area contributed by atoms with Crippen LogP contribution in [0.3, 0.4) is 0 Å². The summed E-state index contributed by atoms with van der Waals surface area (Å²) >= 11 is 0. The monoisotopic (exact) mass is 386 g/mol. The van der Waals surface area contributed by atoms with E-state index in [0.717, 1.165) is 24.7 Å². The first-order valence-corrected chi connectivity index (χ1v) is 9.11. The van der Waals surface area contributed by atoms with Crippen molar-refractivity contribution in [3.63, 3.8) is 0 Å². The van der Waals surface area contributed by atoms with E-state index in [1.54, 1.807) is 18.2 Å². The third-order valence-corrected chi connectivity index (χ3v) is 4.33. The van der Waals surface area contributed by atoms with Crippen LogP contribution in [0.1, 0.15) is 0 Å². The summed E-state index contributed by atoms with van der Waals surface area (Å²) in [5, 5.41) is 8.75. The molecule has 4 rings (SSSR count). The van der Waals surface area contributed by atoms with Gasteiger partial charge in [0.05, 0.1) is 13.2 Å². The van der Waals surface area contributed by atoms with Crippen molar-refractivity contribution in [1.29, 1.82) is 0 Å². The van der Waals surface area contributed by atoms with Gasteiger partial charge in [0.15, 0.2) is 11.5 Å². The fourth-order valence-corrected chi connectivity index (χ4v) is 2.93. The van der Waals surface area contributed by atoms with Crippen LogP contribution in [0.25, 0.3) is 0 Å². The summed E-state index contributed by atoms with van der Waals surface area (Å²) in [4.78, 5) is 22.7. The zero-order valence-corrected chi connectivity index (χ0v) is 15.3. The molecule has 10 heteroatoms. The van der Waals surface area contributed by atoms with Crippen LogP contribution < -0.4 is 30.3 Å². The van der Waals surface area contributed by atoms with Gasteiger partial charge in [0, 0.05) is 44.0 Å². The molecule has 1 aromatic carbocycles. The molecule has 2 aromatic rings. The highest BCUT2D eigenvalue weighted by atomic mass is 16.7. The number of anilines is 3. The second-order valence-electron chi connectivity index (χ2n) is 6.24. The van der Waals surface area contributed by atoms with Gasteiger partial charge in [0.25, 0.3) is 0 Å². The van der Waals surface area contributed by atoms with E-state index in [4.69, 9.17) is 14.2 Å². The fraction of sp³-hybridized carbons (Fsp3) is 0.389. The molecule has 2 amide bonds. The number of nitrogens with zero attached hydrogens (tertiary/aromatic N) is 3. The molecule has 28 heavy (non-hydrogen) atoms. The second-order valence-corrected chi connectivity index (χ2v) is 6.24. The molecule has 1 saturated heterocycles. The molecular weight excluding hydrogens is 364 g/mol. The van der Waals surface area contributed by atoms with Gasteiger partial charge in [0.1, 0.15) is 18.0 Å². The highest BCUT2D eigenvalue weighted by molar-refractivity contribution is 5.89. The minimum Gasteiger partial charge on any atom is -0.454 e. The Balaban J connectivity index is 1.20. The van der Waals surface area contributed by atoms with Gasteiger partial charge in [-0.15, -0.1) is 0 Å². The van der Waals surface area contributed by atoms with E-state index >= 15 is 0 Å². The molecule has 0 bridgehead atoms. The first kappa shape index (κ1) is 18.1. The van der Waals surface area contributed by atoms with Crippen molar-refractivity contribution in [2.75, 3.05) is 61.7 Å². The third kappa shape index (κ3) is 4.52. The number of benzene rings is 1. The highest BCUT2D eigenvalue weighted by Gasteiger charge is 2.14. The topological polar surface area (TPSA) is 110 Å². The molecule has 1 aromatic heterocycles. The number of hydrogen-bond donors (Lipinski definition) is 3. The summed E-state index contributed by atoms with van der Waals surface area (Å²) < 4.78 is 15.9. The van der Waals surface area contributed by atoms with Gasteiger partial charge < -0.3 is 35.1 Å². The summed E-state index contributed by atoms with van der Waals surface area (Å²) in [6.45, 7) is 4.22. The second kappa shape index (κ2) is 8.61. The van der Waals surface area contributed by atoms with Crippen LogP contribution in [-0.2, 0) is 4.74 Å². The molecule has 2 aliphatic rings. The number of hydrogen-bond acceptors (Lipinski definition) is 8. The Morgan fingerprint density at radius 2 is 1.93 bits per heavy atom. The molecule has 1 fully saturated rings. The van der Waals surface area contributed by atoms with E-state index in [1.807, 2.05) is 6.07 Å². The van der Waals surface area contributed by atoms with Gasteiger partial charge in [-0.05, 0) is 12.1 Å². The van der Waals surface area contributed by atoms with Crippen LogP contribution in [0.15, 0.2) is 30.6 Å². The Morgan fingerprint density at radius 3 is 2.82 bits per heavy atom. The van der Waals surface area contributed by atoms with Crippen molar-refractivity contribution in [2.45, 2.75) is 0 Å². The summed E-state index contributed by atoms with van der Waals surface area (Å²) in [6, 6.07) is 6.86. The number of nitrogens with one attached hydrogen (secondary N) is 3. The average Bonchev–Trinajstić information content (AvgIpc) is 3.20. The van der Waals surface area contributed by atoms with Crippen molar-refractivity contribution in [2.24, 2.45) is 0 Å². The van der Waals surface area contributed by atoms with Gasteiger partial charge in [0.2, 0.25) is 6.79 Å². The van der Waals surface area contributed by atoms with Gasteiger partial charge >= 0.3 is 6.03 Å².